The maximum Gasteiger partial charge on any atom is 0.332 e. The molecule has 19 heavy (non-hydrogen) atoms. The number of carboxylic acids is 1. The molecule has 1 unspecified atom stereocenters. The number of nitrogens with zero attached hydrogens (tertiary/aromatic N) is 1. The van der Waals surface area contributed by atoms with E-state index in [1.807, 2.05) is 19.0 Å². The van der Waals surface area contributed by atoms with Crippen molar-refractivity contribution in [1.82, 2.24) is 4.90 Å². The maximum absolute atomic E-state index is 11.0. The summed E-state index contributed by atoms with van der Waals surface area (Å²) in [5.74, 6) is -0.829. The van der Waals surface area contributed by atoms with Gasteiger partial charge in [-0.1, -0.05) is 51.9 Å². The van der Waals surface area contributed by atoms with E-state index < -0.39 is 12.1 Å². The zero-order valence-electron chi connectivity index (χ0n) is 12.9. The third kappa shape index (κ3) is 12.2. The van der Waals surface area contributed by atoms with Crippen LogP contribution in [0.1, 0.15) is 58.3 Å². The van der Waals surface area contributed by atoms with Crippen molar-refractivity contribution in [3.8, 4) is 0 Å². The topological polar surface area (TPSA) is 49.8 Å². The van der Waals surface area contributed by atoms with Crippen LogP contribution in [0.3, 0.4) is 0 Å². The molecule has 114 valence electrons. The number of hydrogen-bond donors (Lipinski definition) is 1. The highest BCUT2D eigenvalue weighted by molar-refractivity contribution is 5.72. The second-order valence-electron chi connectivity index (χ2n) is 5.41. The molecule has 0 saturated carbocycles. The van der Waals surface area contributed by atoms with Crippen LogP contribution in [0.25, 0.3) is 0 Å². The number of ether oxygens (including phenoxy) is 1. The van der Waals surface area contributed by atoms with Gasteiger partial charge in [0.2, 0.25) is 0 Å². The number of likely N-dealkylation sites (N-methyl/N-ethyl adjacent to an activating group) is 1. The molecule has 4 heteroatoms. The largest absolute Gasteiger partial charge is 0.479 e. The lowest BCUT2D eigenvalue weighted by molar-refractivity contribution is -0.151. The van der Waals surface area contributed by atoms with Gasteiger partial charge in [-0.15, -0.1) is 0 Å². The van der Waals surface area contributed by atoms with E-state index in [1.54, 1.807) is 0 Å². The van der Waals surface area contributed by atoms with Gasteiger partial charge in [0.1, 0.15) is 0 Å². The van der Waals surface area contributed by atoms with Crippen molar-refractivity contribution >= 4 is 5.97 Å². The molecule has 0 aromatic rings. The summed E-state index contributed by atoms with van der Waals surface area (Å²) >= 11 is 0. The van der Waals surface area contributed by atoms with E-state index in [0.29, 0.717) is 13.0 Å². The second kappa shape index (κ2) is 12.4. The minimum absolute atomic E-state index is 0.487. The van der Waals surface area contributed by atoms with Crippen LogP contribution in [-0.2, 0) is 9.53 Å². The highest BCUT2D eigenvalue weighted by atomic mass is 16.5. The molecule has 0 amide bonds. The fraction of sp³-hybridized carbons (Fsp3) is 0.933. The van der Waals surface area contributed by atoms with E-state index >= 15 is 0 Å². The molecular formula is C15H31NO3. The summed E-state index contributed by atoms with van der Waals surface area (Å²) < 4.78 is 5.42. The quantitative estimate of drug-likeness (QED) is 0.524. The molecular weight excluding hydrogens is 242 g/mol. The molecule has 0 rings (SSSR count). The van der Waals surface area contributed by atoms with E-state index in [9.17, 15) is 4.79 Å². The number of aliphatic carboxylic acids is 1. The highest BCUT2D eigenvalue weighted by Gasteiger charge is 2.17. The predicted octanol–water partition coefficient (Wildman–Crippen LogP) is 3.16. The summed E-state index contributed by atoms with van der Waals surface area (Å²) in [5, 5.41) is 9.07. The van der Waals surface area contributed by atoms with Gasteiger partial charge in [0.05, 0.1) is 6.61 Å². The Labute approximate surface area is 118 Å². The average Bonchev–Trinajstić information content (AvgIpc) is 2.34. The Morgan fingerprint density at radius 1 is 1.11 bits per heavy atom. The zero-order valence-corrected chi connectivity index (χ0v) is 12.9. The smallest absolute Gasteiger partial charge is 0.332 e. The van der Waals surface area contributed by atoms with Crippen molar-refractivity contribution in [2.45, 2.75) is 64.4 Å². The van der Waals surface area contributed by atoms with Gasteiger partial charge < -0.3 is 14.7 Å². The summed E-state index contributed by atoms with van der Waals surface area (Å²) in [6, 6.07) is 0. The SMILES string of the molecule is CCCCCCCCCC(OCCN(C)C)C(=O)O. The van der Waals surface area contributed by atoms with Crippen molar-refractivity contribution in [1.29, 1.82) is 0 Å². The molecule has 0 aliphatic rings. The molecule has 4 nitrogen and oxygen atoms in total. The number of hydrogen-bond acceptors (Lipinski definition) is 3. The Bertz CT molecular complexity index is 219. The second-order valence-corrected chi connectivity index (χ2v) is 5.41. The predicted molar refractivity (Wildman–Crippen MR) is 78.5 cm³/mol. The van der Waals surface area contributed by atoms with Gasteiger partial charge in [0, 0.05) is 6.54 Å². The molecule has 0 fully saturated rings. The molecule has 0 aliphatic heterocycles. The molecule has 0 radical (unpaired) electrons. The van der Waals surface area contributed by atoms with Gasteiger partial charge in [-0.2, -0.15) is 0 Å². The zero-order chi connectivity index (χ0) is 14.5. The van der Waals surface area contributed by atoms with Gasteiger partial charge in [0.25, 0.3) is 0 Å². The summed E-state index contributed by atoms with van der Waals surface area (Å²) in [6.07, 6.45) is 8.43. The summed E-state index contributed by atoms with van der Waals surface area (Å²) in [4.78, 5) is 13.0. The Morgan fingerprint density at radius 2 is 1.68 bits per heavy atom. The van der Waals surface area contributed by atoms with Crippen molar-refractivity contribution in [2.24, 2.45) is 0 Å². The van der Waals surface area contributed by atoms with Crippen molar-refractivity contribution < 1.29 is 14.6 Å². The molecule has 0 bridgehead atoms. The first-order chi connectivity index (χ1) is 9.07. The number of carboxylic acid groups (broad SMARTS) is 1. The highest BCUT2D eigenvalue weighted by Crippen LogP contribution is 2.11. The Balaban J connectivity index is 3.57. The number of carbonyl (C=O) groups is 1. The van der Waals surface area contributed by atoms with Crippen molar-refractivity contribution in [3.63, 3.8) is 0 Å². The molecule has 1 atom stereocenters. The Morgan fingerprint density at radius 3 is 2.21 bits per heavy atom. The first-order valence-electron chi connectivity index (χ1n) is 7.57. The van der Waals surface area contributed by atoms with E-state index in [4.69, 9.17) is 9.84 Å². The van der Waals surface area contributed by atoms with Gasteiger partial charge in [-0.05, 0) is 20.5 Å². The maximum atomic E-state index is 11.0. The molecule has 1 N–H and O–H groups in total. The van der Waals surface area contributed by atoms with Crippen LogP contribution in [0.15, 0.2) is 0 Å². The lowest BCUT2D eigenvalue weighted by Crippen LogP contribution is -2.28. The molecule has 0 aliphatic carbocycles. The van der Waals surface area contributed by atoms with Crippen LogP contribution in [0.4, 0.5) is 0 Å². The minimum Gasteiger partial charge on any atom is -0.479 e. The first kappa shape index (κ1) is 18.4. The van der Waals surface area contributed by atoms with Crippen molar-refractivity contribution in [2.75, 3.05) is 27.2 Å². The number of rotatable bonds is 13. The average molecular weight is 273 g/mol. The lowest BCUT2D eigenvalue weighted by Gasteiger charge is -2.15. The van der Waals surface area contributed by atoms with Gasteiger partial charge in [-0.3, -0.25) is 0 Å². The fourth-order valence-electron chi connectivity index (χ4n) is 1.94. The fourth-order valence-corrected chi connectivity index (χ4v) is 1.94. The molecule has 0 aromatic heterocycles. The third-order valence-electron chi connectivity index (χ3n) is 3.20. The van der Waals surface area contributed by atoms with Gasteiger partial charge >= 0.3 is 5.97 Å². The minimum atomic E-state index is -0.829. The standard InChI is InChI=1S/C15H31NO3/c1-4-5-6-7-8-9-10-11-14(15(17)18)19-13-12-16(2)3/h14H,4-13H2,1-3H3,(H,17,18). The Kier molecular flexibility index (Phi) is 12.0. The summed E-state index contributed by atoms with van der Waals surface area (Å²) in [5.41, 5.74) is 0. The van der Waals surface area contributed by atoms with Crippen LogP contribution in [0, 0.1) is 0 Å². The molecule has 0 aromatic carbocycles. The van der Waals surface area contributed by atoms with E-state index in [1.165, 1.54) is 32.1 Å². The van der Waals surface area contributed by atoms with Crippen LogP contribution >= 0.6 is 0 Å². The lowest BCUT2D eigenvalue weighted by atomic mass is 10.1. The van der Waals surface area contributed by atoms with Crippen LogP contribution in [-0.4, -0.2) is 49.3 Å². The van der Waals surface area contributed by atoms with E-state index in [2.05, 4.69) is 6.92 Å². The Hall–Kier alpha value is -0.610. The van der Waals surface area contributed by atoms with Crippen molar-refractivity contribution in [3.05, 3.63) is 0 Å². The first-order valence-corrected chi connectivity index (χ1v) is 7.57. The van der Waals surface area contributed by atoms with Gasteiger partial charge in [-0.25, -0.2) is 4.79 Å². The molecule has 0 saturated heterocycles. The van der Waals surface area contributed by atoms with Crippen LogP contribution in [0.5, 0.6) is 0 Å². The monoisotopic (exact) mass is 273 g/mol. The molecule has 0 spiro atoms. The van der Waals surface area contributed by atoms with Crippen LogP contribution in [0.2, 0.25) is 0 Å². The normalized spacial score (nSPS) is 12.8. The third-order valence-corrected chi connectivity index (χ3v) is 3.20. The van der Waals surface area contributed by atoms with E-state index in [-0.39, 0.29) is 0 Å². The summed E-state index contributed by atoms with van der Waals surface area (Å²) in [7, 11) is 3.91. The van der Waals surface area contributed by atoms with Crippen LogP contribution < -0.4 is 0 Å². The molecule has 0 heterocycles. The van der Waals surface area contributed by atoms with E-state index in [0.717, 1.165) is 19.4 Å². The summed E-state index contributed by atoms with van der Waals surface area (Å²) in [6.45, 7) is 3.46. The van der Waals surface area contributed by atoms with Gasteiger partial charge in [0.15, 0.2) is 6.10 Å². The number of unbranched alkanes of at least 4 members (excludes halogenated alkanes) is 6.